The second-order valence-corrected chi connectivity index (χ2v) is 9.50. The molecule has 2 unspecified atom stereocenters. The number of fused-ring (bicyclic) bond motifs is 2. The van der Waals surface area contributed by atoms with E-state index < -0.39 is 0 Å². The van der Waals surface area contributed by atoms with Gasteiger partial charge in [-0.2, -0.15) is 0 Å². The summed E-state index contributed by atoms with van der Waals surface area (Å²) in [5.41, 5.74) is 1.73. The summed E-state index contributed by atoms with van der Waals surface area (Å²) in [5, 5.41) is 0. The summed E-state index contributed by atoms with van der Waals surface area (Å²) in [7, 11) is 0. The van der Waals surface area contributed by atoms with Crippen LogP contribution in [0.4, 0.5) is 0 Å². The number of carbonyl (C=O) groups is 2. The Bertz CT molecular complexity index is 900. The lowest BCUT2D eigenvalue weighted by Crippen LogP contribution is -2.22. The fraction of sp³-hybridized carbons (Fsp3) is 0.533. The Kier molecular flexibility index (Phi) is 9.74. The summed E-state index contributed by atoms with van der Waals surface area (Å²) in [6, 6.07) is 10.5. The molecule has 0 bridgehead atoms. The second kappa shape index (κ2) is 12.7. The molecule has 1 aliphatic carbocycles. The summed E-state index contributed by atoms with van der Waals surface area (Å²) < 4.78 is 12.6. The number of unbranched alkanes of at least 4 members (excludes halogenated alkanes) is 2. The molecule has 0 saturated heterocycles. The number of carbonyl (C=O) groups excluding carboxylic acids is 2. The molecule has 3 rings (SSSR count). The smallest absolute Gasteiger partial charge is 0.194 e. The van der Waals surface area contributed by atoms with Gasteiger partial charge in [-0.05, 0) is 36.8 Å². The van der Waals surface area contributed by atoms with Crippen LogP contribution < -0.4 is 9.47 Å². The van der Waals surface area contributed by atoms with Crippen LogP contribution in [0.15, 0.2) is 36.4 Å². The van der Waals surface area contributed by atoms with Gasteiger partial charge in [0.1, 0.15) is 0 Å². The molecular weight excluding hydrogens is 424 g/mol. The van der Waals surface area contributed by atoms with Crippen molar-refractivity contribution in [3.8, 4) is 11.5 Å². The third kappa shape index (κ3) is 6.08. The molecule has 2 aromatic rings. The fourth-order valence-corrected chi connectivity index (χ4v) is 4.54. The van der Waals surface area contributed by atoms with E-state index in [1.54, 1.807) is 36.4 Å². The standard InChI is InChI=1S/C30H40O4/c1-5-9-13-21(7-3)19-33-27-17-25-26(18-28(27)34-20-22(8-4)14-10-6-2)30(32)24-16-12-11-15-23(24)29(25)31/h11-12,15-18,21-22H,5-10,13-14,19-20H2,1-4H3. The molecule has 2 atom stereocenters. The topological polar surface area (TPSA) is 52.6 Å². The zero-order valence-electron chi connectivity index (χ0n) is 21.3. The molecule has 4 nitrogen and oxygen atoms in total. The van der Waals surface area contributed by atoms with Crippen LogP contribution in [0.5, 0.6) is 11.5 Å². The van der Waals surface area contributed by atoms with E-state index in [0.29, 0.717) is 58.8 Å². The maximum Gasteiger partial charge on any atom is 0.194 e. The number of hydrogen-bond donors (Lipinski definition) is 0. The molecule has 0 saturated carbocycles. The van der Waals surface area contributed by atoms with Crippen molar-refractivity contribution in [3.05, 3.63) is 58.7 Å². The van der Waals surface area contributed by atoms with Crippen LogP contribution in [0.2, 0.25) is 0 Å². The molecule has 0 aromatic heterocycles. The van der Waals surface area contributed by atoms with Crippen LogP contribution in [0, 0.1) is 11.8 Å². The average Bonchev–Trinajstić information content (AvgIpc) is 2.87. The van der Waals surface area contributed by atoms with Gasteiger partial charge in [-0.3, -0.25) is 9.59 Å². The first-order valence-electron chi connectivity index (χ1n) is 13.2. The van der Waals surface area contributed by atoms with Crippen LogP contribution in [0.1, 0.15) is 111 Å². The van der Waals surface area contributed by atoms with Crippen molar-refractivity contribution in [2.45, 2.75) is 79.1 Å². The number of ketones is 2. The number of benzene rings is 2. The highest BCUT2D eigenvalue weighted by Gasteiger charge is 2.31. The van der Waals surface area contributed by atoms with Crippen LogP contribution in [-0.2, 0) is 0 Å². The Morgan fingerprint density at radius 1 is 0.647 bits per heavy atom. The molecule has 0 amide bonds. The van der Waals surface area contributed by atoms with Crippen molar-refractivity contribution in [1.29, 1.82) is 0 Å². The van der Waals surface area contributed by atoms with Gasteiger partial charge in [-0.25, -0.2) is 0 Å². The van der Waals surface area contributed by atoms with Crippen molar-refractivity contribution in [2.24, 2.45) is 11.8 Å². The van der Waals surface area contributed by atoms with Crippen molar-refractivity contribution in [1.82, 2.24) is 0 Å². The van der Waals surface area contributed by atoms with Gasteiger partial charge in [-0.15, -0.1) is 0 Å². The second-order valence-electron chi connectivity index (χ2n) is 9.50. The lowest BCUT2D eigenvalue weighted by molar-refractivity contribution is 0.0978. The van der Waals surface area contributed by atoms with Crippen LogP contribution >= 0.6 is 0 Å². The van der Waals surface area contributed by atoms with Crippen molar-refractivity contribution < 1.29 is 19.1 Å². The fourth-order valence-electron chi connectivity index (χ4n) is 4.54. The van der Waals surface area contributed by atoms with Crippen molar-refractivity contribution in [3.63, 3.8) is 0 Å². The highest BCUT2D eigenvalue weighted by Crippen LogP contribution is 2.37. The molecule has 0 fully saturated rings. The van der Waals surface area contributed by atoms with Gasteiger partial charge >= 0.3 is 0 Å². The highest BCUT2D eigenvalue weighted by atomic mass is 16.5. The van der Waals surface area contributed by atoms with Gasteiger partial charge in [0.15, 0.2) is 23.1 Å². The lowest BCUT2D eigenvalue weighted by atomic mass is 9.84. The Morgan fingerprint density at radius 2 is 1.06 bits per heavy atom. The lowest BCUT2D eigenvalue weighted by Gasteiger charge is -2.23. The molecule has 0 heterocycles. The normalized spacial score (nSPS) is 14.4. The third-order valence-corrected chi connectivity index (χ3v) is 7.03. The summed E-state index contributed by atoms with van der Waals surface area (Å²) in [5.74, 6) is 1.78. The zero-order valence-corrected chi connectivity index (χ0v) is 21.3. The highest BCUT2D eigenvalue weighted by molar-refractivity contribution is 6.28. The minimum Gasteiger partial charge on any atom is -0.489 e. The van der Waals surface area contributed by atoms with E-state index in [-0.39, 0.29) is 11.6 Å². The van der Waals surface area contributed by atoms with E-state index >= 15 is 0 Å². The van der Waals surface area contributed by atoms with E-state index in [0.717, 1.165) is 38.5 Å². The molecular formula is C30H40O4. The summed E-state index contributed by atoms with van der Waals surface area (Å²) in [4.78, 5) is 26.5. The molecule has 0 spiro atoms. The Morgan fingerprint density at radius 3 is 1.41 bits per heavy atom. The van der Waals surface area contributed by atoms with E-state index in [1.165, 1.54) is 12.8 Å². The maximum atomic E-state index is 13.2. The van der Waals surface area contributed by atoms with Crippen LogP contribution in [0.25, 0.3) is 0 Å². The number of ether oxygens (including phenoxy) is 2. The van der Waals surface area contributed by atoms with E-state index in [4.69, 9.17) is 9.47 Å². The Labute approximate surface area is 205 Å². The van der Waals surface area contributed by atoms with E-state index in [9.17, 15) is 9.59 Å². The number of rotatable bonds is 14. The molecule has 34 heavy (non-hydrogen) atoms. The molecule has 4 heteroatoms. The minimum atomic E-state index is -0.131. The quantitative estimate of drug-likeness (QED) is 0.246. The van der Waals surface area contributed by atoms with E-state index in [1.807, 2.05) is 0 Å². The van der Waals surface area contributed by atoms with Crippen LogP contribution in [-0.4, -0.2) is 24.8 Å². The van der Waals surface area contributed by atoms with Gasteiger partial charge in [0, 0.05) is 22.3 Å². The van der Waals surface area contributed by atoms with Gasteiger partial charge in [-0.1, -0.05) is 90.5 Å². The monoisotopic (exact) mass is 464 g/mol. The summed E-state index contributed by atoms with van der Waals surface area (Å²) in [6.07, 6.45) is 9.00. The first-order chi connectivity index (χ1) is 16.5. The van der Waals surface area contributed by atoms with Gasteiger partial charge < -0.3 is 9.47 Å². The first kappa shape index (κ1) is 26.0. The molecule has 0 aliphatic heterocycles. The molecule has 1 aliphatic rings. The number of hydrogen-bond acceptors (Lipinski definition) is 4. The van der Waals surface area contributed by atoms with E-state index in [2.05, 4.69) is 27.7 Å². The zero-order chi connectivity index (χ0) is 24.5. The predicted molar refractivity (Wildman–Crippen MR) is 137 cm³/mol. The first-order valence-corrected chi connectivity index (χ1v) is 13.2. The average molecular weight is 465 g/mol. The van der Waals surface area contributed by atoms with Gasteiger partial charge in [0.05, 0.1) is 13.2 Å². The van der Waals surface area contributed by atoms with Gasteiger partial charge in [0.2, 0.25) is 0 Å². The minimum absolute atomic E-state index is 0.131. The molecule has 0 radical (unpaired) electrons. The summed E-state index contributed by atoms with van der Waals surface area (Å²) >= 11 is 0. The predicted octanol–water partition coefficient (Wildman–Crippen LogP) is 7.65. The molecule has 184 valence electrons. The molecule has 2 aromatic carbocycles. The largest absolute Gasteiger partial charge is 0.489 e. The molecule has 0 N–H and O–H groups in total. The summed E-state index contributed by atoms with van der Waals surface area (Å²) in [6.45, 7) is 9.94. The maximum absolute atomic E-state index is 13.2. The van der Waals surface area contributed by atoms with Gasteiger partial charge in [0.25, 0.3) is 0 Å². The van der Waals surface area contributed by atoms with Crippen molar-refractivity contribution >= 4 is 11.6 Å². The Balaban J connectivity index is 1.91. The van der Waals surface area contributed by atoms with Crippen LogP contribution in [0.3, 0.4) is 0 Å². The SMILES string of the molecule is CCCCC(CC)COc1cc2c(cc1OCC(CC)CCCC)C(=O)c1ccccc1C2=O. The Hall–Kier alpha value is -2.62. The van der Waals surface area contributed by atoms with Crippen molar-refractivity contribution in [2.75, 3.05) is 13.2 Å². The third-order valence-electron chi connectivity index (χ3n) is 7.03.